The highest BCUT2D eigenvalue weighted by atomic mass is 35.5. The molecule has 0 aliphatic carbocycles. The molecule has 2 aromatic rings. The van der Waals surface area contributed by atoms with Crippen LogP contribution in [0.2, 0.25) is 5.15 Å². The Morgan fingerprint density at radius 1 is 1.28 bits per heavy atom. The Hall–Kier alpha value is -1.66. The predicted molar refractivity (Wildman–Crippen MR) is 69.0 cm³/mol. The fourth-order valence-electron chi connectivity index (χ4n) is 1.38. The van der Waals surface area contributed by atoms with Gasteiger partial charge in [-0.3, -0.25) is 9.71 Å². The van der Waals surface area contributed by atoms with E-state index in [9.17, 15) is 8.42 Å². The average molecular weight is 284 g/mol. The molecule has 0 aliphatic heterocycles. The first-order valence-electron chi connectivity index (χ1n) is 5.03. The topological polar surface area (TPSA) is 72.0 Å². The highest BCUT2D eigenvalue weighted by Crippen LogP contribution is 2.17. The summed E-state index contributed by atoms with van der Waals surface area (Å²) in [5, 5.41) is 0.125. The maximum Gasteiger partial charge on any atom is 0.262 e. The van der Waals surface area contributed by atoms with Crippen LogP contribution in [0.5, 0.6) is 0 Å². The van der Waals surface area contributed by atoms with E-state index in [4.69, 9.17) is 11.6 Å². The molecular weight excluding hydrogens is 274 g/mol. The van der Waals surface area contributed by atoms with Gasteiger partial charge in [0.2, 0.25) is 0 Å². The number of halogens is 1. The van der Waals surface area contributed by atoms with E-state index in [1.807, 2.05) is 6.92 Å². The second-order valence-corrected chi connectivity index (χ2v) is 5.74. The molecule has 5 nitrogen and oxygen atoms in total. The van der Waals surface area contributed by atoms with Crippen LogP contribution in [-0.2, 0) is 10.0 Å². The molecular formula is C11H10ClN3O2S. The molecule has 0 fully saturated rings. The number of aryl methyl sites for hydroxylation is 1. The number of anilines is 1. The van der Waals surface area contributed by atoms with Crippen LogP contribution in [0.1, 0.15) is 5.56 Å². The number of sulfonamides is 1. The third-order valence-corrected chi connectivity index (χ3v) is 3.72. The largest absolute Gasteiger partial charge is 0.278 e. The average Bonchev–Trinajstić information content (AvgIpc) is 2.28. The Labute approximate surface area is 110 Å². The molecule has 0 saturated carbocycles. The third kappa shape index (κ3) is 2.96. The highest BCUT2D eigenvalue weighted by Gasteiger charge is 2.14. The monoisotopic (exact) mass is 283 g/mol. The Morgan fingerprint density at radius 3 is 2.72 bits per heavy atom. The lowest BCUT2D eigenvalue weighted by Crippen LogP contribution is -2.13. The van der Waals surface area contributed by atoms with Crippen LogP contribution in [0.3, 0.4) is 0 Å². The van der Waals surface area contributed by atoms with Crippen molar-refractivity contribution in [2.75, 3.05) is 4.72 Å². The molecule has 0 bridgehead atoms. The molecule has 0 aliphatic rings. The second-order valence-electron chi connectivity index (χ2n) is 3.67. The van der Waals surface area contributed by atoms with Crippen LogP contribution in [0, 0.1) is 6.92 Å². The quantitative estimate of drug-likeness (QED) is 0.877. The van der Waals surface area contributed by atoms with Crippen LogP contribution < -0.4 is 4.72 Å². The summed E-state index contributed by atoms with van der Waals surface area (Å²) in [7, 11) is -3.67. The fourth-order valence-corrected chi connectivity index (χ4v) is 2.66. The summed E-state index contributed by atoms with van der Waals surface area (Å²) in [5.41, 5.74) is 1.27. The second kappa shape index (κ2) is 4.91. The SMILES string of the molecule is Cc1cncc(NS(=O)(=O)c2ccnc(Cl)c2)c1. The van der Waals surface area contributed by atoms with Gasteiger partial charge in [-0.2, -0.15) is 0 Å². The molecule has 18 heavy (non-hydrogen) atoms. The zero-order valence-corrected chi connectivity index (χ0v) is 11.0. The van der Waals surface area contributed by atoms with Crippen molar-refractivity contribution in [2.24, 2.45) is 0 Å². The summed E-state index contributed by atoms with van der Waals surface area (Å²) in [5.74, 6) is 0. The molecule has 0 spiro atoms. The van der Waals surface area contributed by atoms with Gasteiger partial charge in [0.15, 0.2) is 0 Å². The van der Waals surface area contributed by atoms with E-state index < -0.39 is 10.0 Å². The van der Waals surface area contributed by atoms with Gasteiger partial charge in [0.25, 0.3) is 10.0 Å². The molecule has 0 aromatic carbocycles. The lowest BCUT2D eigenvalue weighted by Gasteiger charge is -2.08. The maximum absolute atomic E-state index is 12.0. The minimum Gasteiger partial charge on any atom is -0.278 e. The minimum atomic E-state index is -3.67. The van der Waals surface area contributed by atoms with Gasteiger partial charge >= 0.3 is 0 Å². The van der Waals surface area contributed by atoms with Crippen LogP contribution in [0.15, 0.2) is 41.7 Å². The van der Waals surface area contributed by atoms with Gasteiger partial charge in [-0.15, -0.1) is 0 Å². The zero-order chi connectivity index (χ0) is 13.2. The molecule has 2 heterocycles. The van der Waals surface area contributed by atoms with Crippen LogP contribution in [0.4, 0.5) is 5.69 Å². The summed E-state index contributed by atoms with van der Waals surface area (Å²) >= 11 is 5.66. The third-order valence-electron chi connectivity index (χ3n) is 2.14. The van der Waals surface area contributed by atoms with E-state index in [2.05, 4.69) is 14.7 Å². The summed E-state index contributed by atoms with van der Waals surface area (Å²) in [4.78, 5) is 7.71. The van der Waals surface area contributed by atoms with Gasteiger partial charge in [-0.1, -0.05) is 11.6 Å². The summed E-state index contributed by atoms with van der Waals surface area (Å²) in [6.07, 6.45) is 4.42. The van der Waals surface area contributed by atoms with Crippen molar-refractivity contribution in [2.45, 2.75) is 11.8 Å². The van der Waals surface area contributed by atoms with Gasteiger partial charge in [0, 0.05) is 12.4 Å². The van der Waals surface area contributed by atoms with Gasteiger partial charge in [-0.05, 0) is 30.7 Å². The lowest BCUT2D eigenvalue weighted by molar-refractivity contribution is 0.601. The Kier molecular flexibility index (Phi) is 3.49. The molecule has 0 unspecified atom stereocenters. The van der Waals surface area contributed by atoms with Crippen molar-refractivity contribution in [3.63, 3.8) is 0 Å². The van der Waals surface area contributed by atoms with E-state index in [0.29, 0.717) is 5.69 Å². The van der Waals surface area contributed by atoms with E-state index in [-0.39, 0.29) is 10.0 Å². The molecule has 94 valence electrons. The van der Waals surface area contributed by atoms with Crippen molar-refractivity contribution in [3.05, 3.63) is 47.5 Å². The van der Waals surface area contributed by atoms with E-state index in [1.54, 1.807) is 12.3 Å². The summed E-state index contributed by atoms with van der Waals surface area (Å²) < 4.78 is 26.5. The van der Waals surface area contributed by atoms with Crippen molar-refractivity contribution >= 4 is 27.3 Å². The van der Waals surface area contributed by atoms with E-state index in [0.717, 1.165) is 5.56 Å². The number of hydrogen-bond acceptors (Lipinski definition) is 4. The lowest BCUT2D eigenvalue weighted by atomic mass is 10.3. The van der Waals surface area contributed by atoms with Crippen LogP contribution >= 0.6 is 11.6 Å². The predicted octanol–water partition coefficient (Wildman–Crippen LogP) is 2.24. The number of hydrogen-bond donors (Lipinski definition) is 1. The number of pyridine rings is 2. The van der Waals surface area contributed by atoms with Gasteiger partial charge in [0.1, 0.15) is 5.15 Å². The standard InChI is InChI=1S/C11H10ClN3O2S/c1-8-4-9(7-13-6-8)15-18(16,17)10-2-3-14-11(12)5-10/h2-7,15H,1H3. The molecule has 0 atom stereocenters. The van der Waals surface area contributed by atoms with Crippen molar-refractivity contribution < 1.29 is 8.42 Å². The van der Waals surface area contributed by atoms with Crippen molar-refractivity contribution in [1.82, 2.24) is 9.97 Å². The fraction of sp³-hybridized carbons (Fsp3) is 0.0909. The molecule has 2 aromatic heterocycles. The Bertz CT molecular complexity index is 673. The number of aromatic nitrogens is 2. The first-order valence-corrected chi connectivity index (χ1v) is 6.89. The minimum absolute atomic E-state index is 0.0593. The normalized spacial score (nSPS) is 11.2. The Balaban J connectivity index is 2.33. The number of nitrogens with zero attached hydrogens (tertiary/aromatic N) is 2. The zero-order valence-electron chi connectivity index (χ0n) is 9.46. The van der Waals surface area contributed by atoms with Gasteiger partial charge in [0.05, 0.1) is 16.8 Å². The molecule has 0 saturated heterocycles. The Morgan fingerprint density at radius 2 is 2.06 bits per heavy atom. The van der Waals surface area contributed by atoms with E-state index >= 15 is 0 Å². The molecule has 1 N–H and O–H groups in total. The number of nitrogens with one attached hydrogen (secondary N) is 1. The van der Waals surface area contributed by atoms with Crippen LogP contribution in [0.25, 0.3) is 0 Å². The van der Waals surface area contributed by atoms with Gasteiger partial charge < -0.3 is 0 Å². The smallest absolute Gasteiger partial charge is 0.262 e. The summed E-state index contributed by atoms with van der Waals surface area (Å²) in [6.45, 7) is 1.83. The van der Waals surface area contributed by atoms with Crippen molar-refractivity contribution in [1.29, 1.82) is 0 Å². The van der Waals surface area contributed by atoms with E-state index in [1.165, 1.54) is 24.5 Å². The van der Waals surface area contributed by atoms with Crippen LogP contribution in [-0.4, -0.2) is 18.4 Å². The molecule has 0 amide bonds. The number of rotatable bonds is 3. The first kappa shape index (κ1) is 12.8. The highest BCUT2D eigenvalue weighted by molar-refractivity contribution is 7.92. The van der Waals surface area contributed by atoms with Crippen molar-refractivity contribution in [3.8, 4) is 0 Å². The first-order chi connectivity index (χ1) is 8.47. The molecule has 0 radical (unpaired) electrons. The maximum atomic E-state index is 12.0. The summed E-state index contributed by atoms with van der Waals surface area (Å²) in [6, 6.07) is 4.35. The molecule has 2 rings (SSSR count). The van der Waals surface area contributed by atoms with Gasteiger partial charge in [-0.25, -0.2) is 13.4 Å². The molecule has 7 heteroatoms.